The fourth-order valence-corrected chi connectivity index (χ4v) is 2.74. The molecule has 1 aromatic heterocycles. The Labute approximate surface area is 120 Å². The number of pyridine rings is 1. The molecule has 0 amide bonds. The molecule has 0 aliphatic carbocycles. The fourth-order valence-electron chi connectivity index (χ4n) is 2.74. The SMILES string of the molecule is CN1CCCC1c1ccc(OCc2ccccc2)nc1. The number of nitrogens with zero attached hydrogens (tertiary/aromatic N) is 2. The Morgan fingerprint density at radius 3 is 2.70 bits per heavy atom. The molecule has 1 aliphatic heterocycles. The van der Waals surface area contributed by atoms with Crippen molar-refractivity contribution in [2.45, 2.75) is 25.5 Å². The van der Waals surface area contributed by atoms with E-state index < -0.39 is 0 Å². The molecule has 1 aromatic carbocycles. The number of hydrogen-bond acceptors (Lipinski definition) is 3. The fraction of sp³-hybridized carbons (Fsp3) is 0.353. The van der Waals surface area contributed by atoms with E-state index in [1.807, 2.05) is 30.5 Å². The lowest BCUT2D eigenvalue weighted by Crippen LogP contribution is -2.17. The Kier molecular flexibility index (Phi) is 3.97. The highest BCUT2D eigenvalue weighted by Crippen LogP contribution is 2.30. The second-order valence-corrected chi connectivity index (χ2v) is 5.34. The van der Waals surface area contributed by atoms with E-state index in [1.165, 1.54) is 24.9 Å². The van der Waals surface area contributed by atoms with Gasteiger partial charge in [-0.15, -0.1) is 0 Å². The van der Waals surface area contributed by atoms with E-state index in [0.29, 0.717) is 18.5 Å². The van der Waals surface area contributed by atoms with E-state index in [4.69, 9.17) is 4.74 Å². The second-order valence-electron chi connectivity index (χ2n) is 5.34. The number of ether oxygens (including phenoxy) is 1. The molecule has 1 aliphatic rings. The zero-order chi connectivity index (χ0) is 13.8. The van der Waals surface area contributed by atoms with Gasteiger partial charge in [0.15, 0.2) is 0 Å². The normalized spacial score (nSPS) is 19.1. The smallest absolute Gasteiger partial charge is 0.213 e. The molecule has 1 atom stereocenters. The van der Waals surface area contributed by atoms with Crippen LogP contribution in [-0.4, -0.2) is 23.5 Å². The third-order valence-electron chi connectivity index (χ3n) is 3.89. The van der Waals surface area contributed by atoms with Gasteiger partial charge in [0.25, 0.3) is 0 Å². The summed E-state index contributed by atoms with van der Waals surface area (Å²) in [4.78, 5) is 6.81. The summed E-state index contributed by atoms with van der Waals surface area (Å²) in [5.74, 6) is 0.693. The Morgan fingerprint density at radius 2 is 2.05 bits per heavy atom. The van der Waals surface area contributed by atoms with Crippen molar-refractivity contribution in [3.63, 3.8) is 0 Å². The van der Waals surface area contributed by atoms with Gasteiger partial charge in [0.05, 0.1) is 0 Å². The molecule has 0 spiro atoms. The van der Waals surface area contributed by atoms with Gasteiger partial charge in [-0.25, -0.2) is 4.98 Å². The lowest BCUT2D eigenvalue weighted by atomic mass is 10.1. The standard InChI is InChI=1S/C17H20N2O/c1-19-11-5-8-16(19)15-9-10-17(18-12-15)20-13-14-6-3-2-4-7-14/h2-4,6-7,9-10,12,16H,5,8,11,13H2,1H3. The minimum absolute atomic E-state index is 0.519. The monoisotopic (exact) mass is 268 g/mol. The van der Waals surface area contributed by atoms with Crippen LogP contribution in [0, 0.1) is 0 Å². The molecule has 3 heteroatoms. The molecule has 1 fully saturated rings. The zero-order valence-corrected chi connectivity index (χ0v) is 11.8. The van der Waals surface area contributed by atoms with Gasteiger partial charge < -0.3 is 4.74 Å². The first kappa shape index (κ1) is 13.1. The number of benzene rings is 1. The van der Waals surface area contributed by atoms with Crippen LogP contribution >= 0.6 is 0 Å². The molecule has 0 radical (unpaired) electrons. The lowest BCUT2D eigenvalue weighted by molar-refractivity contribution is 0.291. The maximum absolute atomic E-state index is 5.71. The average molecular weight is 268 g/mol. The first-order valence-electron chi connectivity index (χ1n) is 7.16. The number of hydrogen-bond donors (Lipinski definition) is 0. The van der Waals surface area contributed by atoms with Crippen LogP contribution in [0.1, 0.15) is 30.0 Å². The van der Waals surface area contributed by atoms with Crippen LogP contribution in [0.5, 0.6) is 5.88 Å². The van der Waals surface area contributed by atoms with Gasteiger partial charge in [-0.3, -0.25) is 4.90 Å². The average Bonchev–Trinajstić information content (AvgIpc) is 2.93. The molecule has 3 nitrogen and oxygen atoms in total. The summed E-state index contributed by atoms with van der Waals surface area (Å²) >= 11 is 0. The summed E-state index contributed by atoms with van der Waals surface area (Å²) < 4.78 is 5.71. The summed E-state index contributed by atoms with van der Waals surface area (Å²) in [7, 11) is 2.18. The predicted molar refractivity (Wildman–Crippen MR) is 79.6 cm³/mol. The van der Waals surface area contributed by atoms with Gasteiger partial charge in [-0.2, -0.15) is 0 Å². The van der Waals surface area contributed by atoms with E-state index in [-0.39, 0.29) is 0 Å². The molecular formula is C17H20N2O. The van der Waals surface area contributed by atoms with E-state index in [1.54, 1.807) is 0 Å². The van der Waals surface area contributed by atoms with Crippen LogP contribution in [-0.2, 0) is 6.61 Å². The van der Waals surface area contributed by atoms with Crippen LogP contribution in [0.4, 0.5) is 0 Å². The minimum atomic E-state index is 0.519. The van der Waals surface area contributed by atoms with Crippen molar-refractivity contribution in [3.05, 3.63) is 59.8 Å². The molecule has 0 bridgehead atoms. The quantitative estimate of drug-likeness (QED) is 0.849. The van der Waals surface area contributed by atoms with Gasteiger partial charge in [-0.1, -0.05) is 36.4 Å². The largest absolute Gasteiger partial charge is 0.473 e. The van der Waals surface area contributed by atoms with Crippen molar-refractivity contribution < 1.29 is 4.74 Å². The first-order chi connectivity index (χ1) is 9.83. The van der Waals surface area contributed by atoms with Gasteiger partial charge in [0.2, 0.25) is 5.88 Å². The molecule has 20 heavy (non-hydrogen) atoms. The molecule has 0 N–H and O–H groups in total. The molecule has 104 valence electrons. The van der Waals surface area contributed by atoms with Crippen molar-refractivity contribution in [1.82, 2.24) is 9.88 Å². The molecule has 2 aromatic rings. The number of rotatable bonds is 4. The highest BCUT2D eigenvalue weighted by molar-refractivity contribution is 5.22. The lowest BCUT2D eigenvalue weighted by Gasteiger charge is -2.19. The van der Waals surface area contributed by atoms with Crippen LogP contribution in [0.15, 0.2) is 48.7 Å². The molecule has 0 saturated carbocycles. The number of likely N-dealkylation sites (tertiary alicyclic amines) is 1. The van der Waals surface area contributed by atoms with Gasteiger partial charge >= 0.3 is 0 Å². The Morgan fingerprint density at radius 1 is 1.20 bits per heavy atom. The summed E-state index contributed by atoms with van der Waals surface area (Å²) in [5, 5.41) is 0. The molecule has 1 saturated heterocycles. The van der Waals surface area contributed by atoms with E-state index in [0.717, 1.165) is 5.56 Å². The maximum Gasteiger partial charge on any atom is 0.213 e. The van der Waals surface area contributed by atoms with E-state index >= 15 is 0 Å². The summed E-state index contributed by atoms with van der Waals surface area (Å²) in [6.45, 7) is 1.74. The van der Waals surface area contributed by atoms with Gasteiger partial charge in [-0.05, 0) is 37.6 Å². The summed E-state index contributed by atoms with van der Waals surface area (Å²) in [6.07, 6.45) is 4.45. The molecule has 2 heterocycles. The Hall–Kier alpha value is -1.87. The van der Waals surface area contributed by atoms with Crippen molar-refractivity contribution in [3.8, 4) is 5.88 Å². The van der Waals surface area contributed by atoms with Gasteiger partial charge in [0, 0.05) is 18.3 Å². The predicted octanol–water partition coefficient (Wildman–Crippen LogP) is 3.43. The van der Waals surface area contributed by atoms with Crippen LogP contribution < -0.4 is 4.74 Å². The van der Waals surface area contributed by atoms with Crippen LogP contribution in [0.25, 0.3) is 0 Å². The second kappa shape index (κ2) is 6.06. The molecule has 1 unspecified atom stereocenters. The first-order valence-corrected chi connectivity index (χ1v) is 7.16. The Balaban J connectivity index is 1.61. The van der Waals surface area contributed by atoms with E-state index in [2.05, 4.69) is 35.1 Å². The van der Waals surface area contributed by atoms with Crippen molar-refractivity contribution >= 4 is 0 Å². The highest BCUT2D eigenvalue weighted by Gasteiger charge is 2.22. The summed E-state index contributed by atoms with van der Waals surface area (Å²) in [6, 6.07) is 14.8. The Bertz CT molecular complexity index is 539. The third kappa shape index (κ3) is 2.99. The molecular weight excluding hydrogens is 248 g/mol. The topological polar surface area (TPSA) is 25.4 Å². The van der Waals surface area contributed by atoms with Crippen molar-refractivity contribution in [2.75, 3.05) is 13.6 Å². The minimum Gasteiger partial charge on any atom is -0.473 e. The van der Waals surface area contributed by atoms with Crippen molar-refractivity contribution in [2.24, 2.45) is 0 Å². The van der Waals surface area contributed by atoms with Crippen LogP contribution in [0.2, 0.25) is 0 Å². The van der Waals surface area contributed by atoms with Crippen LogP contribution in [0.3, 0.4) is 0 Å². The summed E-state index contributed by atoms with van der Waals surface area (Å²) in [5.41, 5.74) is 2.45. The zero-order valence-electron chi connectivity index (χ0n) is 11.8. The molecule has 3 rings (SSSR count). The van der Waals surface area contributed by atoms with Crippen molar-refractivity contribution in [1.29, 1.82) is 0 Å². The third-order valence-corrected chi connectivity index (χ3v) is 3.89. The number of aromatic nitrogens is 1. The highest BCUT2D eigenvalue weighted by atomic mass is 16.5. The van der Waals surface area contributed by atoms with E-state index in [9.17, 15) is 0 Å². The maximum atomic E-state index is 5.71. The van der Waals surface area contributed by atoms with Gasteiger partial charge in [0.1, 0.15) is 6.61 Å².